The minimum atomic E-state index is -1.21. The van der Waals surface area contributed by atoms with Crippen molar-refractivity contribution >= 4 is 28.8 Å². The van der Waals surface area contributed by atoms with Gasteiger partial charge in [0, 0.05) is 17.5 Å². The second-order valence-electron chi connectivity index (χ2n) is 7.38. The number of nitrogens with one attached hydrogen (secondary N) is 2. The number of carbonyl (C=O) groups excluding carboxylic acids is 3. The number of fused-ring (bicyclic) bond motifs is 1. The van der Waals surface area contributed by atoms with Crippen LogP contribution in [0.2, 0.25) is 0 Å². The standard InChI is InChI=1S/C25H27N3O7/c1-6-26-25(31)28-23(29)14(2)35-24(30)17-13-19(27-18-10-8-7-9-16(17)18)15-11-20(32-3)22(34-5)21(12-15)33-4/h7-14H,6H2,1-5H3,(H2,26,28,29,31). The van der Waals surface area contributed by atoms with Crippen LogP contribution in [0.15, 0.2) is 42.5 Å². The first-order chi connectivity index (χ1) is 16.8. The van der Waals surface area contributed by atoms with Crippen molar-refractivity contribution in [2.24, 2.45) is 0 Å². The number of carbonyl (C=O) groups is 3. The molecule has 2 aromatic carbocycles. The summed E-state index contributed by atoms with van der Waals surface area (Å²) in [6, 6.07) is 11.4. The van der Waals surface area contributed by atoms with E-state index in [-0.39, 0.29) is 5.56 Å². The lowest BCUT2D eigenvalue weighted by Crippen LogP contribution is -2.44. The highest BCUT2D eigenvalue weighted by molar-refractivity contribution is 6.06. The molecule has 0 spiro atoms. The van der Waals surface area contributed by atoms with Crippen molar-refractivity contribution in [1.82, 2.24) is 15.6 Å². The molecule has 0 aliphatic rings. The number of methoxy groups -OCH3 is 3. The van der Waals surface area contributed by atoms with Gasteiger partial charge in [-0.15, -0.1) is 0 Å². The van der Waals surface area contributed by atoms with Gasteiger partial charge in [-0.1, -0.05) is 18.2 Å². The van der Waals surface area contributed by atoms with E-state index in [2.05, 4.69) is 15.6 Å². The highest BCUT2D eigenvalue weighted by atomic mass is 16.5. The normalized spacial score (nSPS) is 11.3. The number of imide groups is 1. The zero-order valence-corrected chi connectivity index (χ0v) is 20.1. The molecule has 0 aliphatic carbocycles. The topological polar surface area (TPSA) is 125 Å². The molecule has 0 radical (unpaired) electrons. The highest BCUT2D eigenvalue weighted by Gasteiger charge is 2.23. The van der Waals surface area contributed by atoms with Gasteiger partial charge in [0.05, 0.1) is 38.1 Å². The summed E-state index contributed by atoms with van der Waals surface area (Å²) in [5.41, 5.74) is 1.82. The van der Waals surface area contributed by atoms with Crippen LogP contribution in [0.4, 0.5) is 4.79 Å². The molecule has 0 saturated heterocycles. The monoisotopic (exact) mass is 481 g/mol. The molecule has 1 heterocycles. The molecule has 35 heavy (non-hydrogen) atoms. The van der Waals surface area contributed by atoms with E-state index in [1.807, 2.05) is 0 Å². The van der Waals surface area contributed by atoms with Gasteiger partial charge in [-0.05, 0) is 38.1 Å². The van der Waals surface area contributed by atoms with Crippen molar-refractivity contribution in [3.8, 4) is 28.5 Å². The molecule has 10 nitrogen and oxygen atoms in total. The van der Waals surface area contributed by atoms with Gasteiger partial charge < -0.3 is 24.3 Å². The molecule has 3 aromatic rings. The van der Waals surface area contributed by atoms with E-state index in [1.54, 1.807) is 49.4 Å². The van der Waals surface area contributed by atoms with E-state index in [9.17, 15) is 14.4 Å². The van der Waals surface area contributed by atoms with Crippen LogP contribution in [-0.2, 0) is 9.53 Å². The fraction of sp³-hybridized carbons (Fsp3) is 0.280. The number of pyridine rings is 1. The summed E-state index contributed by atoms with van der Waals surface area (Å²) in [5, 5.41) is 5.12. The van der Waals surface area contributed by atoms with E-state index in [1.165, 1.54) is 28.3 Å². The third kappa shape index (κ3) is 5.60. The second-order valence-corrected chi connectivity index (χ2v) is 7.38. The van der Waals surface area contributed by atoms with E-state index in [4.69, 9.17) is 18.9 Å². The predicted molar refractivity (Wildman–Crippen MR) is 129 cm³/mol. The van der Waals surface area contributed by atoms with Crippen LogP contribution in [0.1, 0.15) is 24.2 Å². The van der Waals surface area contributed by atoms with Gasteiger partial charge in [0.1, 0.15) is 0 Å². The Morgan fingerprint density at radius 1 is 0.971 bits per heavy atom. The number of urea groups is 1. The van der Waals surface area contributed by atoms with Crippen LogP contribution in [0, 0.1) is 0 Å². The second kappa shape index (κ2) is 11.2. The van der Waals surface area contributed by atoms with Gasteiger partial charge >= 0.3 is 12.0 Å². The van der Waals surface area contributed by atoms with Crippen LogP contribution in [0.3, 0.4) is 0 Å². The molecule has 1 atom stereocenters. The molecule has 2 N–H and O–H groups in total. The smallest absolute Gasteiger partial charge is 0.339 e. The van der Waals surface area contributed by atoms with Crippen molar-refractivity contribution in [2.75, 3.05) is 27.9 Å². The Balaban J connectivity index is 2.01. The maximum Gasteiger partial charge on any atom is 0.339 e. The van der Waals surface area contributed by atoms with Crippen LogP contribution in [-0.4, -0.2) is 56.9 Å². The molecular weight excluding hydrogens is 454 g/mol. The average Bonchev–Trinajstić information content (AvgIpc) is 2.86. The summed E-state index contributed by atoms with van der Waals surface area (Å²) in [5.74, 6) is -0.206. The quantitative estimate of drug-likeness (QED) is 0.470. The van der Waals surface area contributed by atoms with Crippen molar-refractivity contribution < 1.29 is 33.3 Å². The summed E-state index contributed by atoms with van der Waals surface area (Å²) in [4.78, 5) is 41.7. The van der Waals surface area contributed by atoms with Crippen molar-refractivity contribution in [3.63, 3.8) is 0 Å². The molecule has 3 rings (SSSR count). The molecule has 0 saturated carbocycles. The van der Waals surface area contributed by atoms with Crippen molar-refractivity contribution in [1.29, 1.82) is 0 Å². The van der Waals surface area contributed by atoms with Gasteiger partial charge in [-0.25, -0.2) is 14.6 Å². The van der Waals surface area contributed by atoms with Gasteiger partial charge in [0.25, 0.3) is 5.91 Å². The maximum absolute atomic E-state index is 13.1. The zero-order chi connectivity index (χ0) is 25.5. The Bertz CT molecular complexity index is 1230. The Hall–Kier alpha value is -4.34. The number of benzene rings is 2. The molecule has 0 aliphatic heterocycles. The Kier molecular flexibility index (Phi) is 8.08. The molecule has 3 amide bonds. The number of amides is 3. The summed E-state index contributed by atoms with van der Waals surface area (Å²) in [7, 11) is 4.52. The van der Waals surface area contributed by atoms with Crippen LogP contribution in [0.25, 0.3) is 22.2 Å². The van der Waals surface area contributed by atoms with Gasteiger partial charge in [-0.3, -0.25) is 10.1 Å². The number of ether oxygens (including phenoxy) is 4. The summed E-state index contributed by atoms with van der Waals surface area (Å²) < 4.78 is 21.6. The van der Waals surface area contributed by atoms with Gasteiger partial charge in [0.2, 0.25) is 5.75 Å². The minimum absolute atomic E-state index is 0.206. The van der Waals surface area contributed by atoms with Gasteiger partial charge in [-0.2, -0.15) is 0 Å². The minimum Gasteiger partial charge on any atom is -0.493 e. The number of hydrogen-bond acceptors (Lipinski definition) is 8. The third-order valence-corrected chi connectivity index (χ3v) is 5.12. The number of para-hydroxylation sites is 1. The molecular formula is C25H27N3O7. The van der Waals surface area contributed by atoms with Gasteiger partial charge in [0.15, 0.2) is 17.6 Å². The Labute approximate surface area is 202 Å². The molecule has 0 fully saturated rings. The molecule has 1 unspecified atom stereocenters. The molecule has 10 heteroatoms. The number of rotatable bonds is 8. The van der Waals surface area contributed by atoms with E-state index in [0.717, 1.165) is 0 Å². The zero-order valence-electron chi connectivity index (χ0n) is 20.1. The van der Waals surface area contributed by atoms with E-state index < -0.39 is 24.0 Å². The van der Waals surface area contributed by atoms with E-state index in [0.29, 0.717) is 46.0 Å². The van der Waals surface area contributed by atoms with E-state index >= 15 is 0 Å². The molecule has 184 valence electrons. The van der Waals surface area contributed by atoms with Crippen LogP contribution >= 0.6 is 0 Å². The lowest BCUT2D eigenvalue weighted by Gasteiger charge is -2.16. The average molecular weight is 482 g/mol. The third-order valence-electron chi connectivity index (χ3n) is 5.12. The number of aromatic nitrogens is 1. The Morgan fingerprint density at radius 3 is 2.23 bits per heavy atom. The first-order valence-corrected chi connectivity index (χ1v) is 10.8. The number of nitrogens with zero attached hydrogens (tertiary/aromatic N) is 1. The molecule has 0 bridgehead atoms. The lowest BCUT2D eigenvalue weighted by molar-refractivity contribution is -0.127. The predicted octanol–water partition coefficient (Wildman–Crippen LogP) is 3.32. The number of hydrogen-bond donors (Lipinski definition) is 2. The summed E-state index contributed by atoms with van der Waals surface area (Å²) >= 11 is 0. The highest BCUT2D eigenvalue weighted by Crippen LogP contribution is 2.41. The Morgan fingerprint density at radius 2 is 1.63 bits per heavy atom. The fourth-order valence-corrected chi connectivity index (χ4v) is 3.42. The first kappa shape index (κ1) is 25.3. The molecule has 1 aromatic heterocycles. The first-order valence-electron chi connectivity index (χ1n) is 10.8. The largest absolute Gasteiger partial charge is 0.493 e. The summed E-state index contributed by atoms with van der Waals surface area (Å²) in [6.07, 6.45) is -1.21. The number of esters is 1. The van der Waals surface area contributed by atoms with Crippen molar-refractivity contribution in [2.45, 2.75) is 20.0 Å². The maximum atomic E-state index is 13.1. The van der Waals surface area contributed by atoms with Crippen LogP contribution in [0.5, 0.6) is 17.2 Å². The lowest BCUT2D eigenvalue weighted by atomic mass is 10.0. The fourth-order valence-electron chi connectivity index (χ4n) is 3.42. The van der Waals surface area contributed by atoms with Crippen molar-refractivity contribution in [3.05, 3.63) is 48.0 Å². The van der Waals surface area contributed by atoms with Crippen LogP contribution < -0.4 is 24.8 Å². The summed E-state index contributed by atoms with van der Waals surface area (Å²) in [6.45, 7) is 3.45. The SMILES string of the molecule is CCNC(=O)NC(=O)C(C)OC(=O)c1cc(-c2cc(OC)c(OC)c(OC)c2)nc2ccccc12.